The fourth-order valence-corrected chi connectivity index (χ4v) is 8.79. The molecule has 8 rings (SSSR count). The second-order valence-corrected chi connectivity index (χ2v) is 13.6. The number of aryl methyl sites for hydroxylation is 1. The fourth-order valence-electron chi connectivity index (χ4n) is 7.84. The normalized spacial score (nSPS) is 22.0. The quantitative estimate of drug-likeness (QED) is 0.204. The van der Waals surface area contributed by atoms with Crippen LogP contribution in [0.25, 0.3) is 32.9 Å². The van der Waals surface area contributed by atoms with E-state index in [2.05, 4.69) is 10.6 Å². The van der Waals surface area contributed by atoms with E-state index in [1.54, 1.807) is 23.1 Å². The molecule has 2 bridgehead atoms. The first kappa shape index (κ1) is 30.9. The molecule has 1 saturated carbocycles. The SMILES string of the molecule is COC(=O)N1CCC[C@@H]1c1cc2c(SC)nc3c(F)c(-c4cccc(Cl)c4Cl)c(CCC#N)cc3c2n1[C@H]1[C@@H]2C[C@H]1N(C(=O)O)C2. The summed E-state index contributed by atoms with van der Waals surface area (Å²) in [5, 5.41) is 22.0. The number of amides is 2. The van der Waals surface area contributed by atoms with Gasteiger partial charge in [0.25, 0.3) is 0 Å². The number of methoxy groups -OCH3 is 1. The maximum Gasteiger partial charge on any atom is 0.410 e. The van der Waals surface area contributed by atoms with Crippen LogP contribution in [0.2, 0.25) is 10.0 Å². The van der Waals surface area contributed by atoms with E-state index in [1.807, 2.05) is 18.4 Å². The van der Waals surface area contributed by atoms with E-state index in [9.17, 15) is 20.0 Å². The standard InChI is InChI=1S/C33H30Cl2FN5O4S/c1-45-33(44)39-11-5-9-22(39)23-14-20-30(41(23)29-17-13-24(29)40(15-17)32(42)43)19-12-16(6-4-10-37)25(18-7-3-8-21(34)26(18)35)27(36)28(19)38-31(20)46-2/h3,7-8,12,14,17,22,24,29H,4-6,9,11,13,15H2,1-2H3,(H,42,43)/t17-,22-,24-,29+/m1/s1. The molecule has 238 valence electrons. The highest BCUT2D eigenvalue weighted by molar-refractivity contribution is 7.98. The van der Waals surface area contributed by atoms with Gasteiger partial charge in [-0.05, 0) is 55.7 Å². The second kappa shape index (κ2) is 11.8. The molecule has 0 unspecified atom stereocenters. The Labute approximate surface area is 278 Å². The molecule has 4 fully saturated rings. The lowest BCUT2D eigenvalue weighted by Crippen LogP contribution is -2.43. The number of thioether (sulfide) groups is 1. The van der Waals surface area contributed by atoms with Gasteiger partial charge in [-0.25, -0.2) is 19.0 Å². The zero-order valence-corrected chi connectivity index (χ0v) is 27.4. The van der Waals surface area contributed by atoms with Gasteiger partial charge in [-0.3, -0.25) is 4.90 Å². The molecule has 0 radical (unpaired) electrons. The number of likely N-dealkylation sites (tertiary alicyclic amines) is 1. The van der Waals surface area contributed by atoms with E-state index < -0.39 is 18.0 Å². The molecule has 13 heteroatoms. The third kappa shape index (κ3) is 4.60. The van der Waals surface area contributed by atoms with Crippen LogP contribution >= 0.6 is 35.0 Å². The first-order valence-electron chi connectivity index (χ1n) is 15.1. The summed E-state index contributed by atoms with van der Waals surface area (Å²) in [4.78, 5) is 33.2. The van der Waals surface area contributed by atoms with Crippen LogP contribution in [0.5, 0.6) is 0 Å². The molecular formula is C33H30Cl2FN5O4S. The Morgan fingerprint density at radius 3 is 2.74 bits per heavy atom. The van der Waals surface area contributed by atoms with Gasteiger partial charge >= 0.3 is 12.2 Å². The second-order valence-electron chi connectivity index (χ2n) is 12.0. The molecule has 4 aliphatic rings. The molecule has 2 aromatic carbocycles. The molecule has 1 N–H and O–H groups in total. The Morgan fingerprint density at radius 2 is 2.04 bits per heavy atom. The molecule has 5 heterocycles. The molecule has 9 nitrogen and oxygen atoms in total. The van der Waals surface area contributed by atoms with E-state index in [0.29, 0.717) is 41.0 Å². The number of aromatic nitrogens is 2. The molecule has 4 aromatic rings. The molecule has 2 amide bonds. The molecular weight excluding hydrogens is 652 g/mol. The highest BCUT2D eigenvalue weighted by Crippen LogP contribution is 2.54. The molecule has 46 heavy (non-hydrogen) atoms. The maximum absolute atomic E-state index is 17.1. The van der Waals surface area contributed by atoms with E-state index in [0.717, 1.165) is 29.4 Å². The van der Waals surface area contributed by atoms with E-state index in [1.165, 1.54) is 23.8 Å². The number of fused-ring (bicyclic) bond motifs is 4. The zero-order chi connectivity index (χ0) is 32.4. The van der Waals surface area contributed by atoms with Gasteiger partial charge in [0.05, 0.1) is 46.9 Å². The van der Waals surface area contributed by atoms with Crippen LogP contribution in [0.1, 0.15) is 49.0 Å². The number of nitriles is 1. The smallest absolute Gasteiger partial charge is 0.410 e. The third-order valence-corrected chi connectivity index (χ3v) is 11.3. The summed E-state index contributed by atoms with van der Waals surface area (Å²) in [6, 6.07) is 10.4. The topological polar surface area (TPSA) is 112 Å². The predicted molar refractivity (Wildman–Crippen MR) is 175 cm³/mol. The highest BCUT2D eigenvalue weighted by atomic mass is 35.5. The Kier molecular flexibility index (Phi) is 7.94. The van der Waals surface area contributed by atoms with Gasteiger partial charge in [0.2, 0.25) is 0 Å². The van der Waals surface area contributed by atoms with Crippen molar-refractivity contribution in [1.82, 2.24) is 19.4 Å². The first-order valence-corrected chi connectivity index (χ1v) is 17.1. The van der Waals surface area contributed by atoms with Gasteiger partial charge in [-0.15, -0.1) is 11.8 Å². The molecule has 2 aromatic heterocycles. The summed E-state index contributed by atoms with van der Waals surface area (Å²) in [6.07, 6.45) is 3.13. The number of halogens is 3. The molecule has 1 aliphatic carbocycles. The lowest BCUT2D eigenvalue weighted by atomic mass is 9.79. The van der Waals surface area contributed by atoms with Gasteiger partial charge in [0, 0.05) is 53.0 Å². The summed E-state index contributed by atoms with van der Waals surface area (Å²) < 4.78 is 24.4. The minimum absolute atomic E-state index is 0.0665. The number of carbonyl (C=O) groups excluding carboxylic acids is 1. The van der Waals surface area contributed by atoms with Crippen molar-refractivity contribution in [3.05, 3.63) is 57.5 Å². The maximum atomic E-state index is 17.1. The van der Waals surface area contributed by atoms with Crippen molar-refractivity contribution in [3.63, 3.8) is 0 Å². The minimum Gasteiger partial charge on any atom is -0.465 e. The predicted octanol–water partition coefficient (Wildman–Crippen LogP) is 8.31. The zero-order valence-electron chi connectivity index (χ0n) is 25.1. The van der Waals surface area contributed by atoms with E-state index in [-0.39, 0.29) is 58.0 Å². The number of rotatable bonds is 6. The summed E-state index contributed by atoms with van der Waals surface area (Å²) in [5.41, 5.74) is 3.00. The van der Waals surface area contributed by atoms with Crippen molar-refractivity contribution in [2.24, 2.45) is 5.92 Å². The Hall–Kier alpha value is -3.72. The number of carbonyl (C=O) groups is 2. The van der Waals surface area contributed by atoms with E-state index in [4.69, 9.17) is 32.9 Å². The van der Waals surface area contributed by atoms with Gasteiger partial charge in [0.1, 0.15) is 10.5 Å². The Bertz CT molecular complexity index is 1980. The van der Waals surface area contributed by atoms with Crippen LogP contribution in [0.15, 0.2) is 35.4 Å². The van der Waals surface area contributed by atoms with E-state index >= 15 is 4.39 Å². The number of nitrogens with zero attached hydrogens (tertiary/aromatic N) is 5. The lowest BCUT2D eigenvalue weighted by molar-refractivity contribution is 0.112. The average Bonchev–Trinajstić information content (AvgIpc) is 3.84. The van der Waals surface area contributed by atoms with Crippen molar-refractivity contribution in [2.45, 2.75) is 55.3 Å². The van der Waals surface area contributed by atoms with Crippen LogP contribution < -0.4 is 0 Å². The number of hydrogen-bond acceptors (Lipinski definition) is 6. The van der Waals surface area contributed by atoms with Crippen LogP contribution in [-0.2, 0) is 11.2 Å². The molecule has 4 atom stereocenters. The average molecular weight is 683 g/mol. The van der Waals surface area contributed by atoms with Crippen molar-refractivity contribution in [2.75, 3.05) is 26.5 Å². The molecule has 0 spiro atoms. The van der Waals surface area contributed by atoms with Gasteiger partial charge in [0.15, 0.2) is 5.82 Å². The Morgan fingerprint density at radius 1 is 1.24 bits per heavy atom. The van der Waals surface area contributed by atoms with Crippen molar-refractivity contribution >= 4 is 69.0 Å². The first-order chi connectivity index (χ1) is 22.2. The number of ether oxygens (including phenoxy) is 1. The van der Waals surface area contributed by atoms with Gasteiger partial charge < -0.3 is 19.3 Å². The summed E-state index contributed by atoms with van der Waals surface area (Å²) in [6.45, 7) is 0.940. The number of hydrogen-bond donors (Lipinski definition) is 1. The largest absolute Gasteiger partial charge is 0.465 e. The molecule has 3 saturated heterocycles. The van der Waals surface area contributed by atoms with Crippen LogP contribution in [-0.4, -0.2) is 69.1 Å². The highest BCUT2D eigenvalue weighted by Gasteiger charge is 2.56. The molecule has 3 aliphatic heterocycles. The van der Waals surface area contributed by atoms with Gasteiger partial charge in [-0.2, -0.15) is 5.26 Å². The van der Waals surface area contributed by atoms with Crippen LogP contribution in [0.4, 0.5) is 14.0 Å². The van der Waals surface area contributed by atoms with Crippen LogP contribution in [0, 0.1) is 23.1 Å². The van der Waals surface area contributed by atoms with Crippen molar-refractivity contribution in [3.8, 4) is 17.2 Å². The number of carboxylic acid groups (broad SMARTS) is 1. The lowest BCUT2D eigenvalue weighted by Gasteiger charge is -2.40. The summed E-state index contributed by atoms with van der Waals surface area (Å²) in [5.74, 6) is -0.501. The van der Waals surface area contributed by atoms with Gasteiger partial charge in [-0.1, -0.05) is 35.3 Å². The third-order valence-electron chi connectivity index (χ3n) is 9.81. The van der Waals surface area contributed by atoms with Crippen molar-refractivity contribution < 1.29 is 23.8 Å². The Balaban J connectivity index is 1.57. The fraction of sp³-hybridized carbons (Fsp3) is 0.394. The number of benzene rings is 2. The van der Waals surface area contributed by atoms with Crippen molar-refractivity contribution in [1.29, 1.82) is 5.26 Å². The van der Waals surface area contributed by atoms with Crippen LogP contribution in [0.3, 0.4) is 0 Å². The summed E-state index contributed by atoms with van der Waals surface area (Å²) >= 11 is 14.4. The summed E-state index contributed by atoms with van der Waals surface area (Å²) in [7, 11) is 1.36. The monoisotopic (exact) mass is 681 g/mol. The minimum atomic E-state index is -0.964. The number of pyridine rings is 1.